The van der Waals surface area contributed by atoms with Gasteiger partial charge in [-0.3, -0.25) is 4.79 Å². The molecule has 0 saturated heterocycles. The lowest BCUT2D eigenvalue weighted by atomic mass is 10.1. The van der Waals surface area contributed by atoms with Crippen LogP contribution in [0.1, 0.15) is 31.2 Å². The Bertz CT molecular complexity index is 316. The molecule has 66 valence electrons. The van der Waals surface area contributed by atoms with Crippen molar-refractivity contribution in [3.63, 3.8) is 0 Å². The smallest absolute Gasteiger partial charge is 0.254 e. The highest BCUT2D eigenvalue weighted by molar-refractivity contribution is 5.09. The van der Waals surface area contributed by atoms with Crippen LogP contribution in [0.4, 0.5) is 0 Å². The van der Waals surface area contributed by atoms with Crippen molar-refractivity contribution < 1.29 is 0 Å². The Hall–Kier alpha value is -1.16. The van der Waals surface area contributed by atoms with Crippen LogP contribution in [0, 0.1) is 0 Å². The zero-order chi connectivity index (χ0) is 9.14. The van der Waals surface area contributed by atoms with Crippen molar-refractivity contribution in [1.29, 1.82) is 0 Å². The molecule has 0 amide bonds. The van der Waals surface area contributed by atoms with Crippen molar-refractivity contribution >= 4 is 0 Å². The minimum Gasteiger partial charge on any atom is -0.324 e. The summed E-state index contributed by atoms with van der Waals surface area (Å²) < 4.78 is 0. The molecule has 1 heterocycles. The number of nitrogens with two attached hydrogens (primary N) is 1. The normalized spacial score (nSPS) is 10.7. The van der Waals surface area contributed by atoms with Crippen LogP contribution < -0.4 is 11.3 Å². The van der Waals surface area contributed by atoms with Gasteiger partial charge in [-0.2, -0.15) is 0 Å². The fourth-order valence-electron chi connectivity index (χ4n) is 0.957. The fraction of sp³-hybridized carbons (Fsp3) is 0.500. The molecule has 0 atom stereocenters. The molecule has 0 unspecified atom stereocenters. The standard InChI is InChI=1S/C8H13N3O/c1-5(2)6-4-10-7(3-9)11-8(6)12/h4-5H,3,9H2,1-2H3,(H,10,11,12). The highest BCUT2D eigenvalue weighted by Gasteiger charge is 2.04. The molecule has 0 aliphatic heterocycles. The largest absolute Gasteiger partial charge is 0.324 e. The monoisotopic (exact) mass is 167 g/mol. The molecule has 1 aromatic rings. The minimum absolute atomic E-state index is 0.0829. The van der Waals surface area contributed by atoms with Gasteiger partial charge in [0.1, 0.15) is 5.82 Å². The summed E-state index contributed by atoms with van der Waals surface area (Å²) in [4.78, 5) is 17.9. The molecule has 0 bridgehead atoms. The third kappa shape index (κ3) is 1.71. The lowest BCUT2D eigenvalue weighted by Gasteiger charge is -2.03. The maximum absolute atomic E-state index is 11.3. The first-order valence-corrected chi connectivity index (χ1v) is 3.93. The first-order chi connectivity index (χ1) is 5.65. The van der Waals surface area contributed by atoms with Gasteiger partial charge in [0.2, 0.25) is 0 Å². The number of hydrogen-bond acceptors (Lipinski definition) is 3. The molecular formula is C8H13N3O. The molecule has 4 nitrogen and oxygen atoms in total. The van der Waals surface area contributed by atoms with Gasteiger partial charge in [-0.05, 0) is 5.92 Å². The zero-order valence-corrected chi connectivity index (χ0v) is 7.29. The Morgan fingerprint density at radius 1 is 1.67 bits per heavy atom. The quantitative estimate of drug-likeness (QED) is 0.667. The van der Waals surface area contributed by atoms with E-state index in [2.05, 4.69) is 9.97 Å². The SMILES string of the molecule is CC(C)c1cnc(CN)[nH]c1=O. The molecule has 0 aromatic carbocycles. The van der Waals surface area contributed by atoms with Gasteiger partial charge in [-0.25, -0.2) is 4.98 Å². The number of rotatable bonds is 2. The summed E-state index contributed by atoms with van der Waals surface area (Å²) in [6.07, 6.45) is 1.59. The van der Waals surface area contributed by atoms with E-state index >= 15 is 0 Å². The second kappa shape index (κ2) is 3.49. The summed E-state index contributed by atoms with van der Waals surface area (Å²) >= 11 is 0. The predicted molar refractivity (Wildman–Crippen MR) is 46.8 cm³/mol. The molecule has 4 heteroatoms. The molecule has 1 rings (SSSR count). The second-order valence-electron chi connectivity index (χ2n) is 2.97. The van der Waals surface area contributed by atoms with Gasteiger partial charge in [-0.1, -0.05) is 13.8 Å². The maximum atomic E-state index is 11.3. The van der Waals surface area contributed by atoms with Gasteiger partial charge in [0.05, 0.1) is 6.54 Å². The minimum atomic E-state index is -0.0829. The predicted octanol–water partition coefficient (Wildman–Crippen LogP) is 0.352. The molecule has 0 saturated carbocycles. The second-order valence-corrected chi connectivity index (χ2v) is 2.97. The molecule has 0 aliphatic rings. The van der Waals surface area contributed by atoms with Crippen LogP contribution in [0.15, 0.2) is 11.0 Å². The van der Waals surface area contributed by atoms with E-state index in [1.54, 1.807) is 6.20 Å². The van der Waals surface area contributed by atoms with E-state index in [9.17, 15) is 4.79 Å². The topological polar surface area (TPSA) is 71.8 Å². The highest BCUT2D eigenvalue weighted by Crippen LogP contribution is 2.06. The summed E-state index contributed by atoms with van der Waals surface area (Å²) in [7, 11) is 0. The van der Waals surface area contributed by atoms with E-state index in [4.69, 9.17) is 5.73 Å². The Morgan fingerprint density at radius 3 is 2.75 bits per heavy atom. The lowest BCUT2D eigenvalue weighted by molar-refractivity contribution is 0.800. The van der Waals surface area contributed by atoms with Crippen LogP contribution in [0.5, 0.6) is 0 Å². The van der Waals surface area contributed by atoms with Crippen LogP contribution in [-0.2, 0) is 6.54 Å². The van der Waals surface area contributed by atoms with Crippen molar-refractivity contribution in [3.8, 4) is 0 Å². The average molecular weight is 167 g/mol. The number of nitrogens with zero attached hydrogens (tertiary/aromatic N) is 1. The van der Waals surface area contributed by atoms with Crippen molar-refractivity contribution in [2.45, 2.75) is 26.3 Å². The molecule has 0 fully saturated rings. The zero-order valence-electron chi connectivity index (χ0n) is 7.29. The first-order valence-electron chi connectivity index (χ1n) is 3.93. The van der Waals surface area contributed by atoms with E-state index in [-0.39, 0.29) is 18.0 Å². The van der Waals surface area contributed by atoms with Gasteiger partial charge >= 0.3 is 0 Å². The fourth-order valence-corrected chi connectivity index (χ4v) is 0.957. The van der Waals surface area contributed by atoms with Crippen molar-refractivity contribution in [3.05, 3.63) is 27.9 Å². The van der Waals surface area contributed by atoms with E-state index in [1.807, 2.05) is 13.8 Å². The van der Waals surface area contributed by atoms with Gasteiger partial charge in [0, 0.05) is 11.8 Å². The summed E-state index contributed by atoms with van der Waals surface area (Å²) in [5.41, 5.74) is 5.93. The third-order valence-corrected chi connectivity index (χ3v) is 1.69. The van der Waals surface area contributed by atoms with E-state index in [0.717, 1.165) is 0 Å². The van der Waals surface area contributed by atoms with Gasteiger partial charge < -0.3 is 10.7 Å². The van der Waals surface area contributed by atoms with Crippen molar-refractivity contribution in [1.82, 2.24) is 9.97 Å². The summed E-state index contributed by atoms with van der Waals surface area (Å²) in [5, 5.41) is 0. The number of aromatic nitrogens is 2. The van der Waals surface area contributed by atoms with Crippen LogP contribution in [0.3, 0.4) is 0 Å². The van der Waals surface area contributed by atoms with Crippen LogP contribution >= 0.6 is 0 Å². The molecule has 3 N–H and O–H groups in total. The van der Waals surface area contributed by atoms with Gasteiger partial charge in [0.15, 0.2) is 0 Å². The van der Waals surface area contributed by atoms with Crippen molar-refractivity contribution in [2.75, 3.05) is 0 Å². The summed E-state index contributed by atoms with van der Waals surface area (Å²) in [6, 6.07) is 0. The third-order valence-electron chi connectivity index (χ3n) is 1.69. The molecule has 0 aliphatic carbocycles. The van der Waals surface area contributed by atoms with Gasteiger partial charge in [-0.15, -0.1) is 0 Å². The molecular weight excluding hydrogens is 154 g/mol. The summed E-state index contributed by atoms with van der Waals surface area (Å²) in [6.45, 7) is 4.18. The molecule has 1 aromatic heterocycles. The molecule has 0 radical (unpaired) electrons. The highest BCUT2D eigenvalue weighted by atomic mass is 16.1. The van der Waals surface area contributed by atoms with Crippen molar-refractivity contribution in [2.24, 2.45) is 5.73 Å². The Kier molecular flexibility index (Phi) is 2.60. The van der Waals surface area contributed by atoms with Crippen LogP contribution in [-0.4, -0.2) is 9.97 Å². The summed E-state index contributed by atoms with van der Waals surface area (Å²) in [5.74, 6) is 0.734. The first kappa shape index (κ1) is 8.93. The Morgan fingerprint density at radius 2 is 2.33 bits per heavy atom. The average Bonchev–Trinajstić information content (AvgIpc) is 2.03. The van der Waals surface area contributed by atoms with E-state index in [0.29, 0.717) is 11.4 Å². The molecule has 0 spiro atoms. The van der Waals surface area contributed by atoms with Crippen LogP contribution in [0.25, 0.3) is 0 Å². The molecule has 12 heavy (non-hydrogen) atoms. The number of hydrogen-bond donors (Lipinski definition) is 2. The van der Waals surface area contributed by atoms with Gasteiger partial charge in [0.25, 0.3) is 5.56 Å². The Labute approximate surface area is 70.8 Å². The number of aromatic amines is 1. The number of H-pyrrole nitrogens is 1. The maximum Gasteiger partial charge on any atom is 0.254 e. The van der Waals surface area contributed by atoms with Crippen LogP contribution in [0.2, 0.25) is 0 Å². The lowest BCUT2D eigenvalue weighted by Crippen LogP contribution is -2.18. The number of nitrogens with one attached hydrogen (secondary N) is 1. The Balaban J connectivity index is 3.12. The van der Waals surface area contributed by atoms with E-state index in [1.165, 1.54) is 0 Å². The van der Waals surface area contributed by atoms with E-state index < -0.39 is 0 Å².